The van der Waals surface area contributed by atoms with Crippen molar-refractivity contribution in [2.24, 2.45) is 5.73 Å². The SMILES string of the molecule is CN(C)CCNC(=O)c1ccc(CN)s1. The second kappa shape index (κ2) is 5.85. The van der Waals surface area contributed by atoms with E-state index in [1.807, 2.05) is 31.1 Å². The fraction of sp³-hybridized carbons (Fsp3) is 0.500. The number of amides is 1. The van der Waals surface area contributed by atoms with E-state index < -0.39 is 0 Å². The topological polar surface area (TPSA) is 58.4 Å². The molecule has 0 bridgehead atoms. The van der Waals surface area contributed by atoms with Gasteiger partial charge in [-0.25, -0.2) is 0 Å². The molecule has 3 N–H and O–H groups in total. The van der Waals surface area contributed by atoms with Crippen molar-refractivity contribution in [3.63, 3.8) is 0 Å². The number of thiophene rings is 1. The minimum atomic E-state index is -0.0125. The van der Waals surface area contributed by atoms with Crippen molar-refractivity contribution in [3.05, 3.63) is 21.9 Å². The van der Waals surface area contributed by atoms with Crippen LogP contribution in [0.5, 0.6) is 0 Å². The van der Waals surface area contributed by atoms with Crippen LogP contribution in [0.4, 0.5) is 0 Å². The molecule has 1 aromatic heterocycles. The van der Waals surface area contributed by atoms with Gasteiger partial charge in [-0.15, -0.1) is 11.3 Å². The average molecular weight is 227 g/mol. The summed E-state index contributed by atoms with van der Waals surface area (Å²) in [5, 5.41) is 2.86. The third-order valence-electron chi connectivity index (χ3n) is 1.93. The number of rotatable bonds is 5. The van der Waals surface area contributed by atoms with Gasteiger partial charge in [-0.2, -0.15) is 0 Å². The summed E-state index contributed by atoms with van der Waals surface area (Å²) < 4.78 is 0. The monoisotopic (exact) mass is 227 g/mol. The molecule has 1 rings (SSSR count). The van der Waals surface area contributed by atoms with Gasteiger partial charge < -0.3 is 16.0 Å². The molecule has 1 heterocycles. The second-order valence-corrected chi connectivity index (χ2v) is 4.70. The van der Waals surface area contributed by atoms with Crippen molar-refractivity contribution in [2.45, 2.75) is 6.54 Å². The molecule has 0 radical (unpaired) electrons. The van der Waals surface area contributed by atoms with Crippen molar-refractivity contribution >= 4 is 17.2 Å². The van der Waals surface area contributed by atoms with Gasteiger partial charge in [0.25, 0.3) is 5.91 Å². The lowest BCUT2D eigenvalue weighted by Crippen LogP contribution is -2.30. The average Bonchev–Trinajstić information content (AvgIpc) is 2.65. The number of carbonyl (C=O) groups is 1. The lowest BCUT2D eigenvalue weighted by molar-refractivity contribution is 0.0955. The largest absolute Gasteiger partial charge is 0.350 e. The zero-order valence-corrected chi connectivity index (χ0v) is 9.93. The first-order valence-corrected chi connectivity index (χ1v) is 5.67. The molecule has 0 saturated heterocycles. The minimum absolute atomic E-state index is 0.0125. The Morgan fingerprint density at radius 1 is 1.53 bits per heavy atom. The molecule has 1 amide bonds. The molecule has 0 saturated carbocycles. The van der Waals surface area contributed by atoms with E-state index in [-0.39, 0.29) is 5.91 Å². The fourth-order valence-corrected chi connectivity index (χ4v) is 1.89. The van der Waals surface area contributed by atoms with Crippen LogP contribution in [0.2, 0.25) is 0 Å². The van der Waals surface area contributed by atoms with E-state index in [4.69, 9.17) is 5.73 Å². The first-order chi connectivity index (χ1) is 7.13. The van der Waals surface area contributed by atoms with Crippen LogP contribution in [-0.4, -0.2) is 38.0 Å². The molecular weight excluding hydrogens is 210 g/mol. The molecule has 0 aliphatic rings. The van der Waals surface area contributed by atoms with Gasteiger partial charge in [-0.1, -0.05) is 0 Å². The van der Waals surface area contributed by atoms with Gasteiger partial charge in [-0.05, 0) is 26.2 Å². The summed E-state index contributed by atoms with van der Waals surface area (Å²) in [7, 11) is 3.95. The molecule has 5 heteroatoms. The van der Waals surface area contributed by atoms with Crippen LogP contribution in [0, 0.1) is 0 Å². The molecule has 4 nitrogen and oxygen atoms in total. The molecule has 1 aromatic rings. The highest BCUT2D eigenvalue weighted by Crippen LogP contribution is 2.15. The predicted octanol–water partition coefficient (Wildman–Crippen LogP) is 0.498. The van der Waals surface area contributed by atoms with Gasteiger partial charge in [0, 0.05) is 24.5 Å². The van der Waals surface area contributed by atoms with E-state index in [9.17, 15) is 4.79 Å². The zero-order valence-electron chi connectivity index (χ0n) is 9.12. The number of carbonyl (C=O) groups excluding carboxylic acids is 1. The Morgan fingerprint density at radius 2 is 2.27 bits per heavy atom. The Morgan fingerprint density at radius 3 is 2.80 bits per heavy atom. The number of hydrogen-bond acceptors (Lipinski definition) is 4. The molecule has 0 aliphatic carbocycles. The van der Waals surface area contributed by atoms with Gasteiger partial charge in [0.2, 0.25) is 0 Å². The predicted molar refractivity (Wildman–Crippen MR) is 63.1 cm³/mol. The second-order valence-electron chi connectivity index (χ2n) is 3.53. The summed E-state index contributed by atoms with van der Waals surface area (Å²) in [6.07, 6.45) is 0. The summed E-state index contributed by atoms with van der Waals surface area (Å²) in [5.41, 5.74) is 5.48. The smallest absolute Gasteiger partial charge is 0.261 e. The quantitative estimate of drug-likeness (QED) is 0.770. The zero-order chi connectivity index (χ0) is 11.3. The summed E-state index contributed by atoms with van der Waals surface area (Å²) in [4.78, 5) is 15.4. The Kier molecular flexibility index (Phi) is 4.74. The highest BCUT2D eigenvalue weighted by Gasteiger charge is 2.07. The van der Waals surface area contributed by atoms with Gasteiger partial charge in [-0.3, -0.25) is 4.79 Å². The van der Waals surface area contributed by atoms with Crippen molar-refractivity contribution in [2.75, 3.05) is 27.2 Å². The number of nitrogens with one attached hydrogen (secondary N) is 1. The summed E-state index contributed by atoms with van der Waals surface area (Å²) in [5.74, 6) is -0.0125. The molecule has 0 unspecified atom stereocenters. The number of hydrogen-bond donors (Lipinski definition) is 2. The first kappa shape index (κ1) is 12.2. The molecule has 0 spiro atoms. The van der Waals surface area contributed by atoms with Crippen LogP contribution in [0.25, 0.3) is 0 Å². The van der Waals surface area contributed by atoms with E-state index in [0.29, 0.717) is 13.1 Å². The van der Waals surface area contributed by atoms with E-state index in [0.717, 1.165) is 16.3 Å². The maximum atomic E-state index is 11.6. The lowest BCUT2D eigenvalue weighted by atomic mass is 10.4. The normalized spacial score (nSPS) is 10.7. The first-order valence-electron chi connectivity index (χ1n) is 4.85. The lowest BCUT2D eigenvalue weighted by Gasteiger charge is -2.09. The van der Waals surface area contributed by atoms with Crippen LogP contribution >= 0.6 is 11.3 Å². The van der Waals surface area contributed by atoms with Crippen molar-refractivity contribution in [1.82, 2.24) is 10.2 Å². The molecule has 0 atom stereocenters. The van der Waals surface area contributed by atoms with Crippen molar-refractivity contribution < 1.29 is 4.79 Å². The molecule has 0 aromatic carbocycles. The maximum Gasteiger partial charge on any atom is 0.261 e. The summed E-state index contributed by atoms with van der Waals surface area (Å²) >= 11 is 1.45. The Hall–Kier alpha value is -0.910. The third-order valence-corrected chi connectivity index (χ3v) is 3.04. The summed E-state index contributed by atoms with van der Waals surface area (Å²) in [6.45, 7) is 2.01. The van der Waals surface area contributed by atoms with Gasteiger partial charge in [0.05, 0.1) is 4.88 Å². The fourth-order valence-electron chi connectivity index (χ4n) is 1.09. The van der Waals surface area contributed by atoms with Crippen LogP contribution < -0.4 is 11.1 Å². The molecular formula is C10H17N3OS. The van der Waals surface area contributed by atoms with E-state index in [1.165, 1.54) is 11.3 Å². The van der Waals surface area contributed by atoms with Crippen LogP contribution in [0.3, 0.4) is 0 Å². The standard InChI is InChI=1S/C10H17N3OS/c1-13(2)6-5-12-10(14)9-4-3-8(7-11)15-9/h3-4H,5-7,11H2,1-2H3,(H,12,14). The molecule has 0 fully saturated rings. The maximum absolute atomic E-state index is 11.6. The van der Waals surface area contributed by atoms with Crippen LogP contribution in [-0.2, 0) is 6.54 Å². The van der Waals surface area contributed by atoms with Crippen molar-refractivity contribution in [1.29, 1.82) is 0 Å². The number of nitrogens with two attached hydrogens (primary N) is 1. The van der Waals surface area contributed by atoms with Gasteiger partial charge >= 0.3 is 0 Å². The van der Waals surface area contributed by atoms with E-state index >= 15 is 0 Å². The third kappa shape index (κ3) is 3.99. The highest BCUT2D eigenvalue weighted by molar-refractivity contribution is 7.14. The van der Waals surface area contributed by atoms with Crippen LogP contribution in [0.1, 0.15) is 14.5 Å². The minimum Gasteiger partial charge on any atom is -0.350 e. The summed E-state index contributed by atoms with van der Waals surface area (Å²) in [6, 6.07) is 3.71. The number of likely N-dealkylation sites (N-methyl/N-ethyl adjacent to an activating group) is 1. The highest BCUT2D eigenvalue weighted by atomic mass is 32.1. The molecule has 0 aliphatic heterocycles. The van der Waals surface area contributed by atoms with E-state index in [2.05, 4.69) is 5.32 Å². The Balaban J connectivity index is 2.40. The van der Waals surface area contributed by atoms with Gasteiger partial charge in [0.15, 0.2) is 0 Å². The Labute approximate surface area is 94.1 Å². The van der Waals surface area contributed by atoms with Crippen LogP contribution in [0.15, 0.2) is 12.1 Å². The van der Waals surface area contributed by atoms with Crippen molar-refractivity contribution in [3.8, 4) is 0 Å². The van der Waals surface area contributed by atoms with Gasteiger partial charge in [0.1, 0.15) is 0 Å². The molecule has 84 valence electrons. The molecule has 15 heavy (non-hydrogen) atoms. The Bertz CT molecular complexity index is 322. The van der Waals surface area contributed by atoms with E-state index in [1.54, 1.807) is 0 Å². The number of nitrogens with zero attached hydrogens (tertiary/aromatic N) is 1.